The number of carboxylic acids is 1. The van der Waals surface area contributed by atoms with Gasteiger partial charge in [0.15, 0.2) is 11.5 Å². The summed E-state index contributed by atoms with van der Waals surface area (Å²) in [6, 6.07) is 13.9. The van der Waals surface area contributed by atoms with E-state index in [0.29, 0.717) is 28.2 Å². The number of methoxy groups -OCH3 is 2. The minimum absolute atomic E-state index is 0.0571. The number of benzene rings is 2. The number of carboxylic acid groups (broad SMARTS) is 1. The molecule has 0 aliphatic carbocycles. The van der Waals surface area contributed by atoms with Gasteiger partial charge in [-0.15, -0.1) is 0 Å². The lowest BCUT2D eigenvalue weighted by Crippen LogP contribution is -2.02. The van der Waals surface area contributed by atoms with Crippen molar-refractivity contribution in [1.29, 1.82) is 0 Å². The van der Waals surface area contributed by atoms with Crippen LogP contribution in [0.3, 0.4) is 0 Å². The van der Waals surface area contributed by atoms with E-state index in [4.69, 9.17) is 14.2 Å². The summed E-state index contributed by atoms with van der Waals surface area (Å²) in [7, 11) is 3.10. The molecule has 0 atom stereocenters. The predicted molar refractivity (Wildman–Crippen MR) is 108 cm³/mol. The van der Waals surface area contributed by atoms with Crippen LogP contribution in [-0.2, 0) is 0 Å². The van der Waals surface area contributed by atoms with E-state index in [-0.39, 0.29) is 11.3 Å². The average Bonchev–Trinajstić information content (AvgIpc) is 3.28. The summed E-state index contributed by atoms with van der Waals surface area (Å²) in [5.41, 5.74) is 1.42. The maximum atomic E-state index is 11.8. The van der Waals surface area contributed by atoms with Gasteiger partial charge in [0.25, 0.3) is 0 Å². The number of rotatable bonds is 6. The SMILES string of the molecule is COc1cc2nccc(Oc3ccc(-n4cccc4)cc3C(=O)O)c2cc1OC. The molecule has 0 bridgehead atoms. The van der Waals surface area contributed by atoms with E-state index < -0.39 is 5.97 Å². The Morgan fingerprint density at radius 2 is 1.66 bits per heavy atom. The third kappa shape index (κ3) is 3.45. The molecule has 0 aliphatic heterocycles. The van der Waals surface area contributed by atoms with Gasteiger partial charge >= 0.3 is 5.97 Å². The number of pyridine rings is 1. The number of ether oxygens (including phenoxy) is 3. The summed E-state index contributed by atoms with van der Waals surface area (Å²) in [5, 5.41) is 10.4. The number of nitrogens with zero attached hydrogens (tertiary/aromatic N) is 2. The van der Waals surface area contributed by atoms with Gasteiger partial charge in [0, 0.05) is 35.7 Å². The van der Waals surface area contributed by atoms with E-state index in [1.165, 1.54) is 0 Å². The average molecular weight is 390 g/mol. The van der Waals surface area contributed by atoms with Gasteiger partial charge in [0.05, 0.1) is 19.7 Å². The Morgan fingerprint density at radius 3 is 2.34 bits per heavy atom. The molecule has 7 heteroatoms. The van der Waals surface area contributed by atoms with Gasteiger partial charge < -0.3 is 23.9 Å². The zero-order valence-corrected chi connectivity index (χ0v) is 15.8. The van der Waals surface area contributed by atoms with Crippen molar-refractivity contribution in [2.24, 2.45) is 0 Å². The van der Waals surface area contributed by atoms with Gasteiger partial charge in [-0.25, -0.2) is 4.79 Å². The van der Waals surface area contributed by atoms with Crippen LogP contribution in [0.4, 0.5) is 0 Å². The van der Waals surface area contributed by atoms with Crippen LogP contribution in [0.25, 0.3) is 16.6 Å². The second-order valence-corrected chi connectivity index (χ2v) is 6.21. The molecule has 0 amide bonds. The highest BCUT2D eigenvalue weighted by Gasteiger charge is 2.16. The largest absolute Gasteiger partial charge is 0.493 e. The Hall–Kier alpha value is -4.00. The Labute approximate surface area is 166 Å². The van der Waals surface area contributed by atoms with Gasteiger partial charge in [-0.3, -0.25) is 4.98 Å². The van der Waals surface area contributed by atoms with Gasteiger partial charge in [-0.05, 0) is 42.5 Å². The minimum atomic E-state index is -1.08. The minimum Gasteiger partial charge on any atom is -0.493 e. The highest BCUT2D eigenvalue weighted by molar-refractivity contribution is 5.93. The van der Waals surface area contributed by atoms with Crippen molar-refractivity contribution < 1.29 is 24.1 Å². The number of carbonyl (C=O) groups is 1. The number of aromatic nitrogens is 2. The van der Waals surface area contributed by atoms with E-state index in [0.717, 1.165) is 5.69 Å². The fourth-order valence-corrected chi connectivity index (χ4v) is 3.10. The molecule has 0 radical (unpaired) electrons. The van der Waals surface area contributed by atoms with Crippen LogP contribution in [0.15, 0.2) is 67.1 Å². The van der Waals surface area contributed by atoms with E-state index in [1.807, 2.05) is 29.1 Å². The fraction of sp³-hybridized carbons (Fsp3) is 0.0909. The second-order valence-electron chi connectivity index (χ2n) is 6.21. The van der Waals surface area contributed by atoms with Crippen LogP contribution in [-0.4, -0.2) is 34.8 Å². The lowest BCUT2D eigenvalue weighted by atomic mass is 10.1. The Morgan fingerprint density at radius 1 is 0.931 bits per heavy atom. The molecule has 0 spiro atoms. The molecule has 0 unspecified atom stereocenters. The van der Waals surface area contributed by atoms with Crippen molar-refractivity contribution in [3.63, 3.8) is 0 Å². The van der Waals surface area contributed by atoms with Crippen molar-refractivity contribution in [1.82, 2.24) is 9.55 Å². The van der Waals surface area contributed by atoms with Crippen molar-refractivity contribution >= 4 is 16.9 Å². The summed E-state index contributed by atoms with van der Waals surface area (Å²) in [6.07, 6.45) is 5.28. The summed E-state index contributed by atoms with van der Waals surface area (Å²) in [5.74, 6) is 0.695. The molecular weight excluding hydrogens is 372 g/mol. The first kappa shape index (κ1) is 18.4. The van der Waals surface area contributed by atoms with Crippen LogP contribution in [0.2, 0.25) is 0 Å². The first-order chi connectivity index (χ1) is 14.1. The molecule has 0 fully saturated rings. The van der Waals surface area contributed by atoms with Gasteiger partial charge in [0.2, 0.25) is 0 Å². The molecule has 29 heavy (non-hydrogen) atoms. The molecule has 2 aromatic heterocycles. The van der Waals surface area contributed by atoms with Gasteiger partial charge in [-0.2, -0.15) is 0 Å². The standard InChI is InChI=1S/C22H18N2O5/c1-27-20-12-15-17(13-21(20)28-2)23-8-7-19(15)29-18-6-5-14(11-16(18)22(25)26)24-9-3-4-10-24/h3-13H,1-2H3,(H,25,26). The molecule has 4 rings (SSSR count). The maximum absolute atomic E-state index is 11.8. The molecule has 0 saturated heterocycles. The van der Waals surface area contributed by atoms with Crippen LogP contribution >= 0.6 is 0 Å². The van der Waals surface area contributed by atoms with Crippen molar-refractivity contribution in [3.05, 3.63) is 72.7 Å². The maximum Gasteiger partial charge on any atom is 0.339 e. The van der Waals surface area contributed by atoms with E-state index in [1.54, 1.807) is 56.8 Å². The molecule has 146 valence electrons. The molecular formula is C22H18N2O5. The highest BCUT2D eigenvalue weighted by atomic mass is 16.5. The summed E-state index contributed by atoms with van der Waals surface area (Å²) < 4.78 is 18.5. The lowest BCUT2D eigenvalue weighted by Gasteiger charge is -2.14. The fourth-order valence-electron chi connectivity index (χ4n) is 3.10. The quantitative estimate of drug-likeness (QED) is 0.521. The third-order valence-electron chi connectivity index (χ3n) is 4.52. The molecule has 2 heterocycles. The first-order valence-corrected chi connectivity index (χ1v) is 8.80. The second kappa shape index (κ2) is 7.55. The van der Waals surface area contributed by atoms with Crippen molar-refractivity contribution in [2.45, 2.75) is 0 Å². The highest BCUT2D eigenvalue weighted by Crippen LogP contribution is 2.37. The van der Waals surface area contributed by atoms with Crippen LogP contribution in [0.1, 0.15) is 10.4 Å². The Bertz CT molecular complexity index is 1190. The van der Waals surface area contributed by atoms with Crippen LogP contribution in [0, 0.1) is 0 Å². The first-order valence-electron chi connectivity index (χ1n) is 8.80. The Balaban J connectivity index is 1.79. The number of hydrogen-bond donors (Lipinski definition) is 1. The summed E-state index contributed by atoms with van der Waals surface area (Å²) in [4.78, 5) is 16.2. The van der Waals surface area contributed by atoms with E-state index in [9.17, 15) is 9.90 Å². The van der Waals surface area contributed by atoms with Gasteiger partial charge in [0.1, 0.15) is 17.1 Å². The monoisotopic (exact) mass is 390 g/mol. The van der Waals surface area contributed by atoms with Crippen LogP contribution < -0.4 is 14.2 Å². The van der Waals surface area contributed by atoms with E-state index in [2.05, 4.69) is 4.98 Å². The molecule has 0 aliphatic rings. The number of hydrogen-bond acceptors (Lipinski definition) is 5. The molecule has 7 nitrogen and oxygen atoms in total. The Kier molecular flexibility index (Phi) is 4.78. The topological polar surface area (TPSA) is 82.8 Å². The number of aromatic carboxylic acids is 1. The van der Waals surface area contributed by atoms with Crippen LogP contribution in [0.5, 0.6) is 23.0 Å². The van der Waals surface area contributed by atoms with Crippen molar-refractivity contribution in [2.75, 3.05) is 14.2 Å². The smallest absolute Gasteiger partial charge is 0.339 e. The molecule has 0 saturated carbocycles. The normalized spacial score (nSPS) is 10.7. The molecule has 4 aromatic rings. The zero-order chi connectivity index (χ0) is 20.4. The van der Waals surface area contributed by atoms with E-state index >= 15 is 0 Å². The number of fused-ring (bicyclic) bond motifs is 1. The lowest BCUT2D eigenvalue weighted by molar-refractivity contribution is 0.0694. The van der Waals surface area contributed by atoms with Gasteiger partial charge in [-0.1, -0.05) is 0 Å². The summed E-state index contributed by atoms with van der Waals surface area (Å²) in [6.45, 7) is 0. The third-order valence-corrected chi connectivity index (χ3v) is 4.52. The zero-order valence-electron chi connectivity index (χ0n) is 15.8. The summed E-state index contributed by atoms with van der Waals surface area (Å²) >= 11 is 0. The van der Waals surface area contributed by atoms with Crippen molar-refractivity contribution in [3.8, 4) is 28.7 Å². The molecule has 1 N–H and O–H groups in total. The molecule has 2 aromatic carbocycles. The predicted octanol–water partition coefficient (Wildman–Crippen LogP) is 4.53.